The Hall–Kier alpha value is -2.40. The van der Waals surface area contributed by atoms with Crippen molar-refractivity contribution in [2.45, 2.75) is 32.6 Å². The molecule has 3 aromatic rings. The Balaban J connectivity index is 1.62. The number of nitrogens with one attached hydrogen (secondary N) is 1. The van der Waals surface area contributed by atoms with Crippen LogP contribution in [0.1, 0.15) is 34.3 Å². The highest BCUT2D eigenvalue weighted by molar-refractivity contribution is 5.35. The maximum Gasteiger partial charge on any atom is 0.158 e. The average Bonchev–Trinajstić information content (AvgIpc) is 3.08. The molecule has 2 N–H and O–H groups in total. The van der Waals surface area contributed by atoms with Gasteiger partial charge in [-0.1, -0.05) is 54.6 Å². The van der Waals surface area contributed by atoms with Crippen LogP contribution in [0, 0.1) is 13.8 Å². The third-order valence-electron chi connectivity index (χ3n) is 4.88. The molecular weight excluding hydrogens is 350 g/mol. The number of quaternary nitrogens is 1. The Morgan fingerprint density at radius 2 is 1.68 bits per heavy atom. The fraction of sp³-hybridized carbons (Fsp3) is 0.333. The Labute approximate surface area is 167 Å². The molecule has 0 spiro atoms. The second kappa shape index (κ2) is 9.69. The maximum atomic E-state index is 10.5. The van der Waals surface area contributed by atoms with Crippen molar-refractivity contribution in [3.05, 3.63) is 94.9 Å². The molecule has 0 radical (unpaired) electrons. The van der Waals surface area contributed by atoms with Crippen LogP contribution >= 0.6 is 0 Å². The first-order chi connectivity index (χ1) is 13.5. The van der Waals surface area contributed by atoms with Gasteiger partial charge in [0, 0.05) is 0 Å². The van der Waals surface area contributed by atoms with Gasteiger partial charge < -0.3 is 19.2 Å². The number of aryl methyl sites for hydroxylation is 2. The monoisotopic (exact) mass is 380 g/mol. The molecule has 0 saturated carbocycles. The summed E-state index contributed by atoms with van der Waals surface area (Å²) in [5.74, 6) is 1.85. The third-order valence-corrected chi connectivity index (χ3v) is 4.88. The SMILES string of the molecule is Cc1ccc(C[NH+](C)C[C@H](O)CO[C@@H](c2ccccc2)c2ccccc2C)o1. The molecular formula is C24H30NO3+. The fourth-order valence-corrected chi connectivity index (χ4v) is 3.49. The van der Waals surface area contributed by atoms with E-state index >= 15 is 0 Å². The molecule has 0 fully saturated rings. The molecule has 1 unspecified atom stereocenters. The number of ether oxygens (including phenoxy) is 1. The van der Waals surface area contributed by atoms with Crippen LogP contribution in [-0.2, 0) is 11.3 Å². The average molecular weight is 381 g/mol. The van der Waals surface area contributed by atoms with Crippen molar-refractivity contribution in [3.8, 4) is 0 Å². The summed E-state index contributed by atoms with van der Waals surface area (Å²) in [6.07, 6.45) is -0.739. The maximum absolute atomic E-state index is 10.5. The van der Waals surface area contributed by atoms with E-state index in [2.05, 4.69) is 38.2 Å². The van der Waals surface area contributed by atoms with Crippen LogP contribution in [0.2, 0.25) is 0 Å². The van der Waals surface area contributed by atoms with Gasteiger partial charge in [0.05, 0.1) is 13.7 Å². The van der Waals surface area contributed by atoms with E-state index in [1.807, 2.05) is 49.4 Å². The quantitative estimate of drug-likeness (QED) is 0.600. The Morgan fingerprint density at radius 1 is 0.964 bits per heavy atom. The van der Waals surface area contributed by atoms with Gasteiger partial charge in [0.2, 0.25) is 0 Å². The lowest BCUT2D eigenvalue weighted by Crippen LogP contribution is -3.08. The van der Waals surface area contributed by atoms with Gasteiger partial charge in [-0.25, -0.2) is 0 Å². The zero-order chi connectivity index (χ0) is 19.9. The van der Waals surface area contributed by atoms with Crippen molar-refractivity contribution in [1.82, 2.24) is 0 Å². The molecule has 0 saturated heterocycles. The summed E-state index contributed by atoms with van der Waals surface area (Å²) in [5, 5.41) is 10.5. The van der Waals surface area contributed by atoms with Crippen molar-refractivity contribution in [1.29, 1.82) is 0 Å². The van der Waals surface area contributed by atoms with Crippen LogP contribution < -0.4 is 4.90 Å². The molecule has 0 aliphatic heterocycles. The van der Waals surface area contributed by atoms with E-state index < -0.39 is 6.10 Å². The summed E-state index contributed by atoms with van der Waals surface area (Å²) >= 11 is 0. The summed E-state index contributed by atoms with van der Waals surface area (Å²) in [6, 6.07) is 22.4. The Kier molecular flexibility index (Phi) is 7.04. The van der Waals surface area contributed by atoms with E-state index in [4.69, 9.17) is 9.15 Å². The summed E-state index contributed by atoms with van der Waals surface area (Å²) in [4.78, 5) is 1.18. The number of likely N-dealkylation sites (N-methyl/N-ethyl adjacent to an activating group) is 1. The summed E-state index contributed by atoms with van der Waals surface area (Å²) < 4.78 is 11.9. The number of furan rings is 1. The van der Waals surface area contributed by atoms with Gasteiger partial charge in [-0.05, 0) is 42.7 Å². The zero-order valence-corrected chi connectivity index (χ0v) is 16.9. The van der Waals surface area contributed by atoms with E-state index in [0.29, 0.717) is 6.54 Å². The number of hydrogen-bond acceptors (Lipinski definition) is 3. The van der Waals surface area contributed by atoms with Crippen molar-refractivity contribution < 1.29 is 19.2 Å². The van der Waals surface area contributed by atoms with Gasteiger partial charge in [0.1, 0.15) is 31.1 Å². The van der Waals surface area contributed by atoms with Gasteiger partial charge in [-0.3, -0.25) is 0 Å². The van der Waals surface area contributed by atoms with Crippen molar-refractivity contribution in [2.75, 3.05) is 20.2 Å². The van der Waals surface area contributed by atoms with Crippen LogP contribution in [0.15, 0.2) is 71.1 Å². The summed E-state index contributed by atoms with van der Waals surface area (Å²) in [6.45, 7) is 5.65. The first kappa shape index (κ1) is 20.3. The number of rotatable bonds is 9. The molecule has 1 heterocycles. The molecule has 3 atom stereocenters. The molecule has 3 rings (SSSR count). The predicted molar refractivity (Wildman–Crippen MR) is 110 cm³/mol. The first-order valence-electron chi connectivity index (χ1n) is 9.79. The van der Waals surface area contributed by atoms with Gasteiger partial charge in [0.25, 0.3) is 0 Å². The lowest BCUT2D eigenvalue weighted by molar-refractivity contribution is -0.898. The molecule has 28 heavy (non-hydrogen) atoms. The lowest BCUT2D eigenvalue weighted by Gasteiger charge is -2.23. The second-order valence-corrected chi connectivity index (χ2v) is 7.48. The van der Waals surface area contributed by atoms with Crippen LogP contribution in [-0.4, -0.2) is 31.4 Å². The Morgan fingerprint density at radius 3 is 2.36 bits per heavy atom. The molecule has 0 bridgehead atoms. The van der Waals surface area contributed by atoms with Crippen molar-refractivity contribution in [2.24, 2.45) is 0 Å². The fourth-order valence-electron chi connectivity index (χ4n) is 3.49. The second-order valence-electron chi connectivity index (χ2n) is 7.48. The number of aliphatic hydroxyl groups excluding tert-OH is 1. The van der Waals surface area contributed by atoms with E-state index in [1.165, 1.54) is 10.5 Å². The minimum absolute atomic E-state index is 0.190. The molecule has 4 nitrogen and oxygen atoms in total. The van der Waals surface area contributed by atoms with E-state index in [1.54, 1.807) is 0 Å². The molecule has 4 heteroatoms. The molecule has 0 aliphatic carbocycles. The molecule has 1 aromatic heterocycles. The van der Waals surface area contributed by atoms with E-state index in [0.717, 1.165) is 29.2 Å². The van der Waals surface area contributed by atoms with Gasteiger partial charge in [-0.15, -0.1) is 0 Å². The number of benzene rings is 2. The van der Waals surface area contributed by atoms with Crippen molar-refractivity contribution >= 4 is 0 Å². The van der Waals surface area contributed by atoms with Crippen LogP contribution in [0.4, 0.5) is 0 Å². The first-order valence-corrected chi connectivity index (χ1v) is 9.79. The van der Waals surface area contributed by atoms with Crippen LogP contribution in [0.25, 0.3) is 0 Å². The molecule has 148 valence electrons. The van der Waals surface area contributed by atoms with Crippen LogP contribution in [0.3, 0.4) is 0 Å². The predicted octanol–water partition coefficient (Wildman–Crippen LogP) is 3.08. The molecule has 0 amide bonds. The van der Waals surface area contributed by atoms with Gasteiger partial charge in [-0.2, -0.15) is 0 Å². The van der Waals surface area contributed by atoms with E-state index in [-0.39, 0.29) is 12.7 Å². The smallest absolute Gasteiger partial charge is 0.158 e. The largest absolute Gasteiger partial charge is 0.460 e. The summed E-state index contributed by atoms with van der Waals surface area (Å²) in [7, 11) is 2.05. The van der Waals surface area contributed by atoms with Gasteiger partial charge >= 0.3 is 0 Å². The highest BCUT2D eigenvalue weighted by Crippen LogP contribution is 2.28. The van der Waals surface area contributed by atoms with Crippen LogP contribution in [0.5, 0.6) is 0 Å². The number of aliphatic hydroxyl groups is 1. The van der Waals surface area contributed by atoms with Gasteiger partial charge in [0.15, 0.2) is 5.76 Å². The molecule has 2 aromatic carbocycles. The number of hydrogen-bond donors (Lipinski definition) is 2. The topological polar surface area (TPSA) is 47.0 Å². The third kappa shape index (κ3) is 5.55. The minimum Gasteiger partial charge on any atom is -0.460 e. The normalized spacial score (nSPS) is 14.6. The molecule has 0 aliphatic rings. The standard InChI is InChI=1S/C24H29NO3/c1-18-9-7-8-12-23(18)24(20-10-5-4-6-11-20)27-17-21(26)15-25(3)16-22-14-13-19(2)28-22/h4-14,21,24,26H,15-17H2,1-3H3/p+1/t21-,24-/m0/s1. The summed E-state index contributed by atoms with van der Waals surface area (Å²) in [5.41, 5.74) is 3.41. The Bertz CT molecular complexity index is 859. The highest BCUT2D eigenvalue weighted by atomic mass is 16.5. The minimum atomic E-state index is -0.550. The van der Waals surface area contributed by atoms with Crippen molar-refractivity contribution in [3.63, 3.8) is 0 Å². The zero-order valence-electron chi connectivity index (χ0n) is 16.9. The lowest BCUT2D eigenvalue weighted by atomic mass is 9.97. The highest BCUT2D eigenvalue weighted by Gasteiger charge is 2.20. The van der Waals surface area contributed by atoms with E-state index in [9.17, 15) is 5.11 Å².